The van der Waals surface area contributed by atoms with Gasteiger partial charge < -0.3 is 9.84 Å². The number of fused-ring (bicyclic) bond motifs is 3. The van der Waals surface area contributed by atoms with Crippen molar-refractivity contribution in [2.24, 2.45) is 0 Å². The van der Waals surface area contributed by atoms with Crippen LogP contribution in [0.15, 0.2) is 12.4 Å². The van der Waals surface area contributed by atoms with Crippen molar-refractivity contribution in [3.05, 3.63) is 27.7 Å². The number of aromatic carboxylic acids is 1. The average molecular weight is 347 g/mol. The SMILES string of the molecule is CC(C)(C)OC(=O)Nc1ncnc2c1CCc1sc(C(=O)O)cc1-2. The molecule has 0 saturated carbocycles. The number of hydrogen-bond acceptors (Lipinski definition) is 6. The van der Waals surface area contributed by atoms with Crippen molar-refractivity contribution >= 4 is 29.2 Å². The van der Waals surface area contributed by atoms with E-state index in [1.54, 1.807) is 26.8 Å². The Morgan fingerprint density at radius 1 is 1.29 bits per heavy atom. The minimum Gasteiger partial charge on any atom is -0.477 e. The van der Waals surface area contributed by atoms with Gasteiger partial charge in [-0.15, -0.1) is 11.3 Å². The van der Waals surface area contributed by atoms with E-state index in [0.29, 0.717) is 24.4 Å². The van der Waals surface area contributed by atoms with Gasteiger partial charge in [-0.3, -0.25) is 5.32 Å². The van der Waals surface area contributed by atoms with E-state index < -0.39 is 17.7 Å². The number of thiophene rings is 1. The average Bonchev–Trinajstić information content (AvgIpc) is 2.90. The molecule has 0 aliphatic heterocycles. The smallest absolute Gasteiger partial charge is 0.413 e. The summed E-state index contributed by atoms with van der Waals surface area (Å²) in [5.74, 6) is -0.542. The molecule has 3 rings (SSSR count). The summed E-state index contributed by atoms with van der Waals surface area (Å²) in [6.45, 7) is 5.35. The number of nitrogens with one attached hydrogen (secondary N) is 1. The van der Waals surface area contributed by atoms with Crippen LogP contribution < -0.4 is 5.32 Å². The van der Waals surface area contributed by atoms with Gasteiger partial charge in [-0.1, -0.05) is 0 Å². The Bertz CT molecular complexity index is 823. The molecule has 2 heterocycles. The molecule has 0 radical (unpaired) electrons. The molecule has 1 amide bonds. The van der Waals surface area contributed by atoms with E-state index in [9.17, 15) is 9.59 Å². The number of carbonyl (C=O) groups excluding carboxylic acids is 1. The molecule has 8 heteroatoms. The Morgan fingerprint density at radius 2 is 2.04 bits per heavy atom. The lowest BCUT2D eigenvalue weighted by molar-refractivity contribution is 0.0633. The normalized spacial score (nSPS) is 13.0. The van der Waals surface area contributed by atoms with Crippen molar-refractivity contribution in [1.29, 1.82) is 0 Å². The first-order valence-corrected chi connectivity index (χ1v) is 8.26. The van der Waals surface area contributed by atoms with Crippen molar-refractivity contribution in [1.82, 2.24) is 9.97 Å². The van der Waals surface area contributed by atoms with Crippen molar-refractivity contribution < 1.29 is 19.4 Å². The summed E-state index contributed by atoms with van der Waals surface area (Å²) in [6, 6.07) is 1.63. The van der Waals surface area contributed by atoms with E-state index in [1.165, 1.54) is 17.7 Å². The Morgan fingerprint density at radius 3 is 2.71 bits per heavy atom. The van der Waals surface area contributed by atoms with Crippen LogP contribution in [0.3, 0.4) is 0 Å². The minimum absolute atomic E-state index is 0.285. The van der Waals surface area contributed by atoms with E-state index in [4.69, 9.17) is 9.84 Å². The van der Waals surface area contributed by atoms with Gasteiger partial charge in [0.2, 0.25) is 0 Å². The highest BCUT2D eigenvalue weighted by atomic mass is 32.1. The van der Waals surface area contributed by atoms with Crippen LogP contribution in [0.1, 0.15) is 40.9 Å². The van der Waals surface area contributed by atoms with E-state index >= 15 is 0 Å². The number of carbonyl (C=O) groups is 2. The molecule has 0 spiro atoms. The Balaban J connectivity index is 1.94. The van der Waals surface area contributed by atoms with E-state index in [0.717, 1.165) is 16.0 Å². The van der Waals surface area contributed by atoms with Gasteiger partial charge in [0.1, 0.15) is 22.6 Å². The fraction of sp³-hybridized carbons (Fsp3) is 0.375. The van der Waals surface area contributed by atoms with Crippen LogP contribution in [0.5, 0.6) is 0 Å². The molecule has 0 aromatic carbocycles. The zero-order valence-electron chi connectivity index (χ0n) is 13.5. The fourth-order valence-electron chi connectivity index (χ4n) is 2.55. The largest absolute Gasteiger partial charge is 0.477 e. The number of rotatable bonds is 2. The summed E-state index contributed by atoms with van der Waals surface area (Å²) in [6.07, 6.45) is 2.11. The minimum atomic E-state index is -0.947. The molecule has 2 aromatic rings. The first kappa shape index (κ1) is 16.4. The van der Waals surface area contributed by atoms with E-state index in [-0.39, 0.29) is 4.88 Å². The third-order valence-corrected chi connectivity index (χ3v) is 4.62. The molecule has 0 fully saturated rings. The maximum Gasteiger partial charge on any atom is 0.413 e. The number of hydrogen-bond donors (Lipinski definition) is 2. The van der Waals surface area contributed by atoms with Crippen LogP contribution in [-0.2, 0) is 17.6 Å². The summed E-state index contributed by atoms with van der Waals surface area (Å²) in [5, 5.41) is 11.8. The summed E-state index contributed by atoms with van der Waals surface area (Å²) in [5.41, 5.74) is 1.66. The maximum atomic E-state index is 12.0. The summed E-state index contributed by atoms with van der Waals surface area (Å²) in [4.78, 5) is 32.9. The van der Waals surface area contributed by atoms with Crippen molar-refractivity contribution in [2.45, 2.75) is 39.2 Å². The van der Waals surface area contributed by atoms with Crippen LogP contribution in [0.25, 0.3) is 11.3 Å². The van der Waals surface area contributed by atoms with Crippen molar-refractivity contribution in [3.8, 4) is 11.3 Å². The van der Waals surface area contributed by atoms with Gasteiger partial charge in [-0.25, -0.2) is 19.6 Å². The lowest BCUT2D eigenvalue weighted by Gasteiger charge is -2.21. The van der Waals surface area contributed by atoms with Gasteiger partial charge in [0.15, 0.2) is 0 Å². The van der Waals surface area contributed by atoms with E-state index in [2.05, 4.69) is 15.3 Å². The molecule has 1 aliphatic carbocycles. The van der Waals surface area contributed by atoms with Gasteiger partial charge in [-0.05, 0) is 39.7 Å². The lowest BCUT2D eigenvalue weighted by atomic mass is 9.95. The second-order valence-corrected chi connectivity index (χ2v) is 7.57. The third kappa shape index (κ3) is 3.23. The van der Waals surface area contributed by atoms with Crippen LogP contribution in [0, 0.1) is 0 Å². The van der Waals surface area contributed by atoms with Gasteiger partial charge in [0, 0.05) is 16.0 Å². The molecule has 126 valence electrons. The number of nitrogens with zero attached hydrogens (tertiary/aromatic N) is 2. The standard InChI is InChI=1S/C16H17N3O4S/c1-16(2,3)23-15(22)19-13-8-4-5-10-9(12(8)17-7-18-13)6-11(24-10)14(20)21/h6-7H,4-5H2,1-3H3,(H,20,21)(H,17,18,19,22). The van der Waals surface area contributed by atoms with Gasteiger partial charge in [0.25, 0.3) is 0 Å². The molecular formula is C16H17N3O4S. The summed E-state index contributed by atoms with van der Waals surface area (Å²) >= 11 is 1.26. The molecule has 1 aliphatic rings. The number of aryl methyl sites for hydroxylation is 1. The zero-order valence-corrected chi connectivity index (χ0v) is 14.4. The van der Waals surface area contributed by atoms with E-state index in [1.807, 2.05) is 0 Å². The predicted molar refractivity (Wildman–Crippen MR) is 89.6 cm³/mol. The topological polar surface area (TPSA) is 101 Å². The first-order valence-electron chi connectivity index (χ1n) is 7.45. The number of anilines is 1. The van der Waals surface area contributed by atoms with Gasteiger partial charge in [-0.2, -0.15) is 0 Å². The van der Waals surface area contributed by atoms with Crippen molar-refractivity contribution in [3.63, 3.8) is 0 Å². The molecule has 0 atom stereocenters. The molecule has 0 saturated heterocycles. The molecule has 0 unspecified atom stereocenters. The Labute approximate surface area is 142 Å². The lowest BCUT2D eigenvalue weighted by Crippen LogP contribution is -2.28. The Kier molecular flexibility index (Phi) is 4.00. The first-order chi connectivity index (χ1) is 11.2. The molecule has 0 bridgehead atoms. The fourth-order valence-corrected chi connectivity index (χ4v) is 3.55. The molecule has 24 heavy (non-hydrogen) atoms. The predicted octanol–water partition coefficient (Wildman–Crippen LogP) is 3.35. The van der Waals surface area contributed by atoms with Crippen molar-refractivity contribution in [2.75, 3.05) is 5.32 Å². The second-order valence-electron chi connectivity index (χ2n) is 6.43. The number of carboxylic acid groups (broad SMARTS) is 1. The highest BCUT2D eigenvalue weighted by molar-refractivity contribution is 7.14. The third-order valence-electron chi connectivity index (χ3n) is 3.44. The van der Waals surface area contributed by atoms with Crippen LogP contribution in [0.4, 0.5) is 10.6 Å². The summed E-state index contributed by atoms with van der Waals surface area (Å²) < 4.78 is 5.25. The number of aromatic nitrogens is 2. The Hall–Kier alpha value is -2.48. The molecule has 2 aromatic heterocycles. The highest BCUT2D eigenvalue weighted by Gasteiger charge is 2.26. The maximum absolute atomic E-state index is 12.0. The van der Waals surface area contributed by atoms with Gasteiger partial charge in [0.05, 0.1) is 5.69 Å². The van der Waals surface area contributed by atoms with Crippen LogP contribution >= 0.6 is 11.3 Å². The quantitative estimate of drug-likeness (QED) is 0.864. The van der Waals surface area contributed by atoms with Crippen LogP contribution in [-0.4, -0.2) is 32.7 Å². The molecule has 2 N–H and O–H groups in total. The monoisotopic (exact) mass is 347 g/mol. The number of carboxylic acids is 1. The van der Waals surface area contributed by atoms with Crippen LogP contribution in [0.2, 0.25) is 0 Å². The number of ether oxygens (including phenoxy) is 1. The molecule has 7 nitrogen and oxygen atoms in total. The second kappa shape index (κ2) is 5.86. The zero-order chi connectivity index (χ0) is 17.5. The van der Waals surface area contributed by atoms with Gasteiger partial charge >= 0.3 is 12.1 Å². The summed E-state index contributed by atoms with van der Waals surface area (Å²) in [7, 11) is 0. The highest BCUT2D eigenvalue weighted by Crippen LogP contribution is 2.39. The molecular weight excluding hydrogens is 330 g/mol. The number of amides is 1.